The topological polar surface area (TPSA) is 55.1 Å². The number of nitrogens with one attached hydrogen (secondary N) is 1. The fourth-order valence-electron chi connectivity index (χ4n) is 0.544. The largest absolute Gasteiger partial charge is 0.415 e. The molecule has 0 saturated carbocycles. The van der Waals surface area contributed by atoms with E-state index in [9.17, 15) is 18.0 Å². The van der Waals surface area contributed by atoms with E-state index in [1.54, 1.807) is 6.92 Å². The van der Waals surface area contributed by atoms with Crippen LogP contribution in [0.1, 0.15) is 13.8 Å². The summed E-state index contributed by atoms with van der Waals surface area (Å²) in [5, 5.41) is 2.05. The van der Waals surface area contributed by atoms with Crippen LogP contribution in [-0.2, 0) is 4.79 Å². The van der Waals surface area contributed by atoms with Crippen LogP contribution in [0, 0.1) is 0 Å². The number of halogens is 3. The van der Waals surface area contributed by atoms with Crippen molar-refractivity contribution in [3.05, 3.63) is 12.2 Å². The SMILES string of the molecule is C=C(C)CNC(=O)C(C)(N)C(F)(F)F. The Balaban J connectivity index is 4.45. The van der Waals surface area contributed by atoms with Gasteiger partial charge in [0.25, 0.3) is 0 Å². The van der Waals surface area contributed by atoms with Crippen LogP contribution in [0.15, 0.2) is 12.2 Å². The Morgan fingerprint density at radius 2 is 1.93 bits per heavy atom. The standard InChI is InChI=1S/C8H13F3N2O/c1-5(2)4-13-6(14)7(3,12)8(9,10)11/h1,4,12H2,2-3H3,(H,13,14). The molecule has 3 nitrogen and oxygen atoms in total. The van der Waals surface area contributed by atoms with Gasteiger partial charge >= 0.3 is 6.18 Å². The number of alkyl halides is 3. The fourth-order valence-corrected chi connectivity index (χ4v) is 0.544. The van der Waals surface area contributed by atoms with Gasteiger partial charge in [0, 0.05) is 6.54 Å². The third kappa shape index (κ3) is 3.02. The van der Waals surface area contributed by atoms with Crippen molar-refractivity contribution in [2.24, 2.45) is 5.73 Å². The van der Waals surface area contributed by atoms with Gasteiger partial charge in [-0.1, -0.05) is 12.2 Å². The summed E-state index contributed by atoms with van der Waals surface area (Å²) >= 11 is 0. The predicted molar refractivity (Wildman–Crippen MR) is 46.5 cm³/mol. The molecular weight excluding hydrogens is 197 g/mol. The Morgan fingerprint density at radius 3 is 2.21 bits per heavy atom. The third-order valence-electron chi connectivity index (χ3n) is 1.61. The van der Waals surface area contributed by atoms with Gasteiger partial charge in [-0.3, -0.25) is 4.79 Å². The molecule has 0 radical (unpaired) electrons. The Morgan fingerprint density at radius 1 is 1.50 bits per heavy atom. The zero-order valence-electron chi connectivity index (χ0n) is 8.03. The third-order valence-corrected chi connectivity index (χ3v) is 1.61. The molecule has 0 aromatic carbocycles. The molecule has 1 atom stereocenters. The molecule has 3 N–H and O–H groups in total. The Bertz CT molecular complexity index is 245. The molecule has 0 rings (SSSR count). The maximum absolute atomic E-state index is 12.2. The molecule has 0 aliphatic heterocycles. The van der Waals surface area contributed by atoms with Crippen molar-refractivity contribution < 1.29 is 18.0 Å². The van der Waals surface area contributed by atoms with E-state index in [1.807, 2.05) is 5.32 Å². The normalized spacial score (nSPS) is 15.9. The van der Waals surface area contributed by atoms with Gasteiger partial charge in [0.05, 0.1) is 0 Å². The number of rotatable bonds is 3. The van der Waals surface area contributed by atoms with Gasteiger partial charge in [-0.2, -0.15) is 13.2 Å². The zero-order chi connectivity index (χ0) is 11.6. The van der Waals surface area contributed by atoms with Gasteiger partial charge in [0.2, 0.25) is 5.91 Å². The first-order valence-corrected chi connectivity index (χ1v) is 3.87. The molecule has 0 fully saturated rings. The lowest BCUT2D eigenvalue weighted by atomic mass is 10.0. The number of hydrogen-bond acceptors (Lipinski definition) is 2. The highest BCUT2D eigenvalue weighted by molar-refractivity contribution is 5.86. The number of amides is 1. The number of carbonyl (C=O) groups excluding carboxylic acids is 1. The molecular formula is C8H13F3N2O. The van der Waals surface area contributed by atoms with Gasteiger partial charge < -0.3 is 11.1 Å². The van der Waals surface area contributed by atoms with Crippen LogP contribution in [0.4, 0.5) is 13.2 Å². The van der Waals surface area contributed by atoms with E-state index in [0.29, 0.717) is 12.5 Å². The van der Waals surface area contributed by atoms with Crippen molar-refractivity contribution in [3.8, 4) is 0 Å². The summed E-state index contributed by atoms with van der Waals surface area (Å²) < 4.78 is 36.6. The second kappa shape index (κ2) is 4.00. The molecule has 0 aromatic rings. The van der Waals surface area contributed by atoms with Gasteiger partial charge in [-0.15, -0.1) is 0 Å². The smallest absolute Gasteiger partial charge is 0.350 e. The van der Waals surface area contributed by atoms with Crippen LogP contribution in [-0.4, -0.2) is 24.2 Å². The molecule has 14 heavy (non-hydrogen) atoms. The minimum atomic E-state index is -4.76. The summed E-state index contributed by atoms with van der Waals surface area (Å²) in [6.07, 6.45) is -4.76. The van der Waals surface area contributed by atoms with E-state index in [-0.39, 0.29) is 6.54 Å². The van der Waals surface area contributed by atoms with E-state index in [2.05, 4.69) is 6.58 Å². The van der Waals surface area contributed by atoms with E-state index in [1.165, 1.54) is 0 Å². The molecule has 0 aliphatic rings. The van der Waals surface area contributed by atoms with Gasteiger partial charge in [-0.25, -0.2) is 0 Å². The van der Waals surface area contributed by atoms with Crippen molar-refractivity contribution in [2.45, 2.75) is 25.6 Å². The lowest BCUT2D eigenvalue weighted by Gasteiger charge is -2.26. The second-order valence-electron chi connectivity index (χ2n) is 3.34. The molecule has 0 aromatic heterocycles. The monoisotopic (exact) mass is 210 g/mol. The molecule has 0 aliphatic carbocycles. The van der Waals surface area contributed by atoms with E-state index in [0.717, 1.165) is 0 Å². The number of carbonyl (C=O) groups is 1. The average Bonchev–Trinajstić information content (AvgIpc) is 1.97. The molecule has 0 heterocycles. The maximum atomic E-state index is 12.2. The highest BCUT2D eigenvalue weighted by atomic mass is 19.4. The highest BCUT2D eigenvalue weighted by Gasteiger charge is 2.53. The minimum Gasteiger partial charge on any atom is -0.350 e. The first kappa shape index (κ1) is 13.0. The molecule has 1 unspecified atom stereocenters. The van der Waals surface area contributed by atoms with Crippen LogP contribution >= 0.6 is 0 Å². The molecule has 82 valence electrons. The summed E-state index contributed by atoms with van der Waals surface area (Å²) in [4.78, 5) is 11.0. The summed E-state index contributed by atoms with van der Waals surface area (Å²) in [7, 11) is 0. The molecule has 0 saturated heterocycles. The van der Waals surface area contributed by atoms with Crippen molar-refractivity contribution in [2.75, 3.05) is 6.54 Å². The van der Waals surface area contributed by atoms with Crippen molar-refractivity contribution in [1.29, 1.82) is 0 Å². The van der Waals surface area contributed by atoms with Crippen molar-refractivity contribution >= 4 is 5.91 Å². The van der Waals surface area contributed by atoms with E-state index >= 15 is 0 Å². The van der Waals surface area contributed by atoms with Crippen LogP contribution in [0.3, 0.4) is 0 Å². The quantitative estimate of drug-likeness (QED) is 0.681. The maximum Gasteiger partial charge on any atom is 0.415 e. The van der Waals surface area contributed by atoms with E-state index in [4.69, 9.17) is 5.73 Å². The number of hydrogen-bond donors (Lipinski definition) is 2. The lowest BCUT2D eigenvalue weighted by Crippen LogP contribution is -2.61. The second-order valence-corrected chi connectivity index (χ2v) is 3.34. The summed E-state index contributed by atoms with van der Waals surface area (Å²) in [6, 6.07) is 0. The summed E-state index contributed by atoms with van der Waals surface area (Å²) in [5.41, 5.74) is 2.55. The Labute approximate surface area is 80.2 Å². The first-order chi connectivity index (χ1) is 6.09. The molecule has 1 amide bonds. The number of nitrogens with two attached hydrogens (primary N) is 1. The van der Waals surface area contributed by atoms with E-state index < -0.39 is 17.6 Å². The Hall–Kier alpha value is -1.04. The molecule has 6 heteroatoms. The zero-order valence-corrected chi connectivity index (χ0v) is 8.03. The summed E-state index contributed by atoms with van der Waals surface area (Å²) in [5.74, 6) is -1.26. The fraction of sp³-hybridized carbons (Fsp3) is 0.625. The first-order valence-electron chi connectivity index (χ1n) is 3.87. The molecule has 0 spiro atoms. The predicted octanol–water partition coefficient (Wildman–Crippen LogP) is 0.958. The summed E-state index contributed by atoms with van der Waals surface area (Å²) in [6.45, 7) is 5.63. The van der Waals surface area contributed by atoms with Gasteiger partial charge in [0.15, 0.2) is 5.54 Å². The minimum absolute atomic E-state index is 0.0122. The average molecular weight is 210 g/mol. The van der Waals surface area contributed by atoms with Crippen molar-refractivity contribution in [1.82, 2.24) is 5.32 Å². The molecule has 0 bridgehead atoms. The van der Waals surface area contributed by atoms with Gasteiger partial charge in [-0.05, 0) is 13.8 Å². The lowest BCUT2D eigenvalue weighted by molar-refractivity contribution is -0.187. The van der Waals surface area contributed by atoms with Crippen LogP contribution in [0.25, 0.3) is 0 Å². The highest BCUT2D eigenvalue weighted by Crippen LogP contribution is 2.27. The van der Waals surface area contributed by atoms with Crippen LogP contribution in [0.5, 0.6) is 0 Å². The van der Waals surface area contributed by atoms with Crippen molar-refractivity contribution in [3.63, 3.8) is 0 Å². The van der Waals surface area contributed by atoms with Crippen LogP contribution in [0.2, 0.25) is 0 Å². The van der Waals surface area contributed by atoms with Gasteiger partial charge in [0.1, 0.15) is 0 Å². The Kier molecular flexibility index (Phi) is 3.70. The van der Waals surface area contributed by atoms with Crippen LogP contribution < -0.4 is 11.1 Å².